The normalized spacial score (nSPS) is 18.5. The Labute approximate surface area is 114 Å². The van der Waals surface area contributed by atoms with Crippen molar-refractivity contribution in [2.75, 3.05) is 20.6 Å². The highest BCUT2D eigenvalue weighted by Gasteiger charge is 2.39. The van der Waals surface area contributed by atoms with Gasteiger partial charge in [0.25, 0.3) is 0 Å². The summed E-state index contributed by atoms with van der Waals surface area (Å²) in [4.78, 5) is 24.6. The summed E-state index contributed by atoms with van der Waals surface area (Å²) in [6.07, 6.45) is 3.94. The van der Waals surface area contributed by atoms with Gasteiger partial charge in [0.05, 0.1) is 6.42 Å². The minimum Gasteiger partial charge on any atom is -0.481 e. The highest BCUT2D eigenvalue weighted by Crippen LogP contribution is 2.35. The molecule has 1 unspecified atom stereocenters. The first-order chi connectivity index (χ1) is 8.89. The van der Waals surface area contributed by atoms with E-state index in [9.17, 15) is 9.59 Å². The fourth-order valence-electron chi connectivity index (χ4n) is 2.36. The van der Waals surface area contributed by atoms with Gasteiger partial charge in [0.15, 0.2) is 0 Å². The van der Waals surface area contributed by atoms with Gasteiger partial charge in [-0.2, -0.15) is 0 Å². The zero-order chi connectivity index (χ0) is 14.5. The van der Waals surface area contributed by atoms with E-state index in [0.29, 0.717) is 13.0 Å². The fraction of sp³-hybridized carbons (Fsp3) is 0.846. The van der Waals surface area contributed by atoms with Crippen LogP contribution in [0.15, 0.2) is 0 Å². The Bertz CT molecular complexity index is 327. The Morgan fingerprint density at radius 1 is 1.37 bits per heavy atom. The Morgan fingerprint density at radius 3 is 2.37 bits per heavy atom. The van der Waals surface area contributed by atoms with Crippen molar-refractivity contribution < 1.29 is 14.7 Å². The number of aliphatic carboxylic acids is 1. The van der Waals surface area contributed by atoms with E-state index < -0.39 is 5.97 Å². The standard InChI is InChI=1S/C13H25N3O3/c1-4-10(8-11(17)18)15-12(19)14-9-13(16(2)3)6-5-7-13/h10H,4-9H2,1-3H3,(H,17,18)(H2,14,15,19). The molecular formula is C13H25N3O3. The number of rotatable bonds is 7. The Morgan fingerprint density at radius 2 is 2.00 bits per heavy atom. The van der Waals surface area contributed by atoms with Gasteiger partial charge in [0.2, 0.25) is 0 Å². The third kappa shape index (κ3) is 4.38. The van der Waals surface area contributed by atoms with Crippen molar-refractivity contribution >= 4 is 12.0 Å². The van der Waals surface area contributed by atoms with Crippen molar-refractivity contribution in [2.24, 2.45) is 0 Å². The monoisotopic (exact) mass is 271 g/mol. The van der Waals surface area contributed by atoms with E-state index in [1.165, 1.54) is 6.42 Å². The van der Waals surface area contributed by atoms with Gasteiger partial charge in [-0.1, -0.05) is 6.92 Å². The molecule has 0 aromatic rings. The summed E-state index contributed by atoms with van der Waals surface area (Å²) in [5.74, 6) is -0.893. The van der Waals surface area contributed by atoms with Crippen LogP contribution in [-0.4, -0.2) is 54.2 Å². The predicted molar refractivity (Wildman–Crippen MR) is 73.1 cm³/mol. The number of nitrogens with zero attached hydrogens (tertiary/aromatic N) is 1. The number of carboxylic acids is 1. The van der Waals surface area contributed by atoms with Gasteiger partial charge in [-0.15, -0.1) is 0 Å². The van der Waals surface area contributed by atoms with Gasteiger partial charge in [-0.05, 0) is 39.8 Å². The molecular weight excluding hydrogens is 246 g/mol. The average Bonchev–Trinajstić information content (AvgIpc) is 2.25. The number of amides is 2. The van der Waals surface area contributed by atoms with E-state index in [0.717, 1.165) is 12.8 Å². The molecule has 0 aliphatic heterocycles. The lowest BCUT2D eigenvalue weighted by Gasteiger charge is -2.47. The van der Waals surface area contributed by atoms with Gasteiger partial charge < -0.3 is 20.6 Å². The van der Waals surface area contributed by atoms with Crippen molar-refractivity contribution in [3.05, 3.63) is 0 Å². The highest BCUT2D eigenvalue weighted by molar-refractivity contribution is 5.75. The lowest BCUT2D eigenvalue weighted by molar-refractivity contribution is -0.137. The van der Waals surface area contributed by atoms with Crippen molar-refractivity contribution in [1.29, 1.82) is 0 Å². The molecule has 0 aromatic carbocycles. The van der Waals surface area contributed by atoms with Crippen LogP contribution < -0.4 is 10.6 Å². The molecule has 1 fully saturated rings. The van der Waals surface area contributed by atoms with E-state index in [1.54, 1.807) is 0 Å². The number of carbonyl (C=O) groups is 2. The number of hydrogen-bond donors (Lipinski definition) is 3. The molecule has 1 aliphatic carbocycles. The third-order valence-corrected chi connectivity index (χ3v) is 4.06. The molecule has 110 valence electrons. The molecule has 19 heavy (non-hydrogen) atoms. The van der Waals surface area contributed by atoms with Crippen molar-refractivity contribution in [3.8, 4) is 0 Å². The number of hydrogen-bond acceptors (Lipinski definition) is 3. The molecule has 3 N–H and O–H groups in total. The van der Waals surface area contributed by atoms with Crippen LogP contribution in [0.25, 0.3) is 0 Å². The summed E-state index contributed by atoms with van der Waals surface area (Å²) < 4.78 is 0. The van der Waals surface area contributed by atoms with Gasteiger partial charge in [-0.3, -0.25) is 4.79 Å². The number of carboxylic acid groups (broad SMARTS) is 1. The van der Waals surface area contributed by atoms with E-state index >= 15 is 0 Å². The van der Waals surface area contributed by atoms with E-state index in [4.69, 9.17) is 5.11 Å². The van der Waals surface area contributed by atoms with Crippen LogP contribution in [0.5, 0.6) is 0 Å². The summed E-state index contributed by atoms with van der Waals surface area (Å²) in [7, 11) is 4.05. The van der Waals surface area contributed by atoms with Crippen LogP contribution in [0.4, 0.5) is 4.79 Å². The second-order valence-electron chi connectivity index (χ2n) is 5.50. The maximum atomic E-state index is 11.8. The van der Waals surface area contributed by atoms with Crippen LogP contribution in [-0.2, 0) is 4.79 Å². The van der Waals surface area contributed by atoms with Crippen LogP contribution >= 0.6 is 0 Å². The lowest BCUT2D eigenvalue weighted by atomic mass is 9.75. The molecule has 0 bridgehead atoms. The van der Waals surface area contributed by atoms with Crippen LogP contribution in [0.2, 0.25) is 0 Å². The minimum atomic E-state index is -0.893. The first-order valence-electron chi connectivity index (χ1n) is 6.83. The second kappa shape index (κ2) is 6.75. The summed E-state index contributed by atoms with van der Waals surface area (Å²) in [6.45, 7) is 2.47. The SMILES string of the molecule is CCC(CC(=O)O)NC(=O)NCC1(N(C)C)CCC1. The first-order valence-corrected chi connectivity index (χ1v) is 6.83. The summed E-state index contributed by atoms with van der Waals surface area (Å²) in [5, 5.41) is 14.3. The van der Waals surface area contributed by atoms with Gasteiger partial charge >= 0.3 is 12.0 Å². The zero-order valence-electron chi connectivity index (χ0n) is 12.0. The number of carbonyl (C=O) groups excluding carboxylic acids is 1. The lowest BCUT2D eigenvalue weighted by Crippen LogP contribution is -2.58. The molecule has 6 heteroatoms. The maximum absolute atomic E-state index is 11.8. The first kappa shape index (κ1) is 15.8. The molecule has 0 spiro atoms. The Hall–Kier alpha value is -1.30. The summed E-state index contributed by atoms with van der Waals surface area (Å²) >= 11 is 0. The molecule has 6 nitrogen and oxygen atoms in total. The van der Waals surface area contributed by atoms with Gasteiger partial charge in [0, 0.05) is 18.1 Å². The van der Waals surface area contributed by atoms with E-state index in [-0.39, 0.29) is 24.0 Å². The third-order valence-electron chi connectivity index (χ3n) is 4.06. The Kier molecular flexibility index (Phi) is 5.60. The maximum Gasteiger partial charge on any atom is 0.315 e. The zero-order valence-corrected chi connectivity index (χ0v) is 12.0. The van der Waals surface area contributed by atoms with Crippen molar-refractivity contribution in [3.63, 3.8) is 0 Å². The molecule has 0 radical (unpaired) electrons. The largest absolute Gasteiger partial charge is 0.481 e. The number of nitrogens with one attached hydrogen (secondary N) is 2. The minimum absolute atomic E-state index is 0.0389. The van der Waals surface area contributed by atoms with Crippen LogP contribution in [0.1, 0.15) is 39.0 Å². The topological polar surface area (TPSA) is 81.7 Å². The highest BCUT2D eigenvalue weighted by atomic mass is 16.4. The molecule has 1 aliphatic rings. The molecule has 0 aromatic heterocycles. The molecule has 0 heterocycles. The Balaban J connectivity index is 2.36. The second-order valence-corrected chi connectivity index (χ2v) is 5.50. The quantitative estimate of drug-likeness (QED) is 0.646. The summed E-state index contributed by atoms with van der Waals surface area (Å²) in [6, 6.07) is -0.588. The average molecular weight is 271 g/mol. The van der Waals surface area contributed by atoms with Crippen molar-refractivity contribution in [2.45, 2.75) is 50.6 Å². The molecule has 1 rings (SSSR count). The fourth-order valence-corrected chi connectivity index (χ4v) is 2.36. The molecule has 1 saturated carbocycles. The molecule has 2 amide bonds. The molecule has 0 saturated heterocycles. The number of likely N-dealkylation sites (N-methyl/N-ethyl adjacent to an activating group) is 1. The van der Waals surface area contributed by atoms with Gasteiger partial charge in [0.1, 0.15) is 0 Å². The predicted octanol–water partition coefficient (Wildman–Crippen LogP) is 1.02. The van der Waals surface area contributed by atoms with E-state index in [2.05, 4.69) is 15.5 Å². The number of urea groups is 1. The van der Waals surface area contributed by atoms with Crippen LogP contribution in [0, 0.1) is 0 Å². The van der Waals surface area contributed by atoms with E-state index in [1.807, 2.05) is 21.0 Å². The van der Waals surface area contributed by atoms with Gasteiger partial charge in [-0.25, -0.2) is 4.79 Å². The summed E-state index contributed by atoms with van der Waals surface area (Å²) in [5.41, 5.74) is 0.0752. The smallest absolute Gasteiger partial charge is 0.315 e. The van der Waals surface area contributed by atoms with Crippen LogP contribution in [0.3, 0.4) is 0 Å². The van der Waals surface area contributed by atoms with Crippen molar-refractivity contribution in [1.82, 2.24) is 15.5 Å². The molecule has 1 atom stereocenters.